The summed E-state index contributed by atoms with van der Waals surface area (Å²) in [4.78, 5) is 4.71. The number of nitrogens with zero attached hydrogens (tertiary/aromatic N) is 1. The zero-order valence-corrected chi connectivity index (χ0v) is 20.6. The van der Waals surface area contributed by atoms with Gasteiger partial charge in [-0.05, 0) is 63.5 Å². The van der Waals surface area contributed by atoms with Crippen LogP contribution in [0.2, 0.25) is 0 Å². The number of sulfone groups is 1. The summed E-state index contributed by atoms with van der Waals surface area (Å²) in [6.45, 7) is 6.02. The molecule has 1 saturated heterocycles. The molecule has 1 unspecified atom stereocenters. The van der Waals surface area contributed by atoms with Gasteiger partial charge in [-0.3, -0.25) is 0 Å². The maximum absolute atomic E-state index is 11.6. The molecule has 1 atom stereocenters. The number of halogens is 1. The first-order valence-corrected chi connectivity index (χ1v) is 12.3. The Morgan fingerprint density at radius 3 is 2.62 bits per heavy atom. The van der Waals surface area contributed by atoms with Gasteiger partial charge >= 0.3 is 0 Å². The number of hydrogen-bond donors (Lipinski definition) is 2. The molecule has 3 rings (SSSR count). The predicted octanol–water partition coefficient (Wildman–Crippen LogP) is 3.42. The van der Waals surface area contributed by atoms with E-state index in [1.807, 2.05) is 6.92 Å². The molecule has 1 aliphatic carbocycles. The van der Waals surface area contributed by atoms with Crippen molar-refractivity contribution in [1.82, 2.24) is 10.6 Å². The number of ether oxygens (including phenoxy) is 1. The number of aliphatic imine (C=N–C) groups is 1. The standard InChI is InChI=1S/C21H33N3O3S.HI/c1-3-22-21(23-13-17-10-11-28(25,26)15-17)24-14-18-9-8-16(2)12-20(18)27-19-6-4-5-7-19;/h8-9,12,17,19H,3-7,10-11,13-15H2,1-2H3,(H2,22,23,24);1H. The summed E-state index contributed by atoms with van der Waals surface area (Å²) in [5, 5.41) is 6.56. The Labute approximate surface area is 192 Å². The van der Waals surface area contributed by atoms with Crippen LogP contribution in [0, 0.1) is 12.8 Å². The third kappa shape index (κ3) is 7.62. The molecule has 0 aromatic heterocycles. The van der Waals surface area contributed by atoms with E-state index in [1.165, 1.54) is 18.4 Å². The van der Waals surface area contributed by atoms with Crippen molar-refractivity contribution in [2.45, 2.75) is 58.6 Å². The first-order valence-electron chi connectivity index (χ1n) is 10.4. The lowest BCUT2D eigenvalue weighted by Crippen LogP contribution is -2.40. The van der Waals surface area contributed by atoms with Crippen molar-refractivity contribution in [3.8, 4) is 5.75 Å². The predicted molar refractivity (Wildman–Crippen MR) is 129 cm³/mol. The van der Waals surface area contributed by atoms with Crippen LogP contribution < -0.4 is 15.4 Å². The van der Waals surface area contributed by atoms with E-state index in [1.54, 1.807) is 0 Å². The van der Waals surface area contributed by atoms with Crippen LogP contribution >= 0.6 is 24.0 Å². The molecule has 0 amide bonds. The highest BCUT2D eigenvalue weighted by molar-refractivity contribution is 14.0. The van der Waals surface area contributed by atoms with Crippen LogP contribution in [-0.4, -0.2) is 45.1 Å². The molecule has 8 heteroatoms. The van der Waals surface area contributed by atoms with E-state index in [4.69, 9.17) is 9.73 Å². The van der Waals surface area contributed by atoms with Crippen LogP contribution in [0.25, 0.3) is 0 Å². The van der Waals surface area contributed by atoms with Crippen molar-refractivity contribution in [3.05, 3.63) is 29.3 Å². The Hall–Kier alpha value is -1.03. The average molecular weight is 535 g/mol. The number of aryl methyl sites for hydroxylation is 1. The number of rotatable bonds is 7. The quantitative estimate of drug-likeness (QED) is 0.318. The maximum Gasteiger partial charge on any atom is 0.191 e. The van der Waals surface area contributed by atoms with Gasteiger partial charge < -0.3 is 15.4 Å². The third-order valence-electron chi connectivity index (χ3n) is 5.46. The molecule has 29 heavy (non-hydrogen) atoms. The summed E-state index contributed by atoms with van der Waals surface area (Å²) >= 11 is 0. The van der Waals surface area contributed by atoms with Crippen LogP contribution in [0.4, 0.5) is 0 Å². The van der Waals surface area contributed by atoms with E-state index < -0.39 is 9.84 Å². The summed E-state index contributed by atoms with van der Waals surface area (Å²) < 4.78 is 29.5. The fourth-order valence-electron chi connectivity index (χ4n) is 3.87. The first-order chi connectivity index (χ1) is 13.4. The molecule has 1 aromatic rings. The minimum absolute atomic E-state index is 0. The minimum Gasteiger partial charge on any atom is -0.490 e. The lowest BCUT2D eigenvalue weighted by atomic mass is 10.1. The van der Waals surface area contributed by atoms with Crippen LogP contribution in [0.5, 0.6) is 5.75 Å². The molecule has 2 aliphatic rings. The van der Waals surface area contributed by atoms with Gasteiger partial charge in [-0.1, -0.05) is 12.1 Å². The molecule has 1 saturated carbocycles. The summed E-state index contributed by atoms with van der Waals surface area (Å²) in [5.41, 5.74) is 2.27. The van der Waals surface area contributed by atoms with E-state index >= 15 is 0 Å². The van der Waals surface area contributed by atoms with Gasteiger partial charge in [-0.25, -0.2) is 13.4 Å². The van der Waals surface area contributed by atoms with Gasteiger partial charge in [0, 0.05) is 18.7 Å². The van der Waals surface area contributed by atoms with Crippen LogP contribution in [0.15, 0.2) is 23.2 Å². The smallest absolute Gasteiger partial charge is 0.191 e. The van der Waals surface area contributed by atoms with Gasteiger partial charge in [0.25, 0.3) is 0 Å². The third-order valence-corrected chi connectivity index (χ3v) is 7.29. The normalized spacial score (nSPS) is 21.6. The Morgan fingerprint density at radius 2 is 1.97 bits per heavy atom. The fourth-order valence-corrected chi connectivity index (χ4v) is 5.73. The van der Waals surface area contributed by atoms with E-state index in [9.17, 15) is 8.42 Å². The molecule has 2 N–H and O–H groups in total. The van der Waals surface area contributed by atoms with Gasteiger partial charge in [0.2, 0.25) is 0 Å². The second kappa shape index (κ2) is 11.4. The van der Waals surface area contributed by atoms with Crippen molar-refractivity contribution in [2.24, 2.45) is 10.9 Å². The van der Waals surface area contributed by atoms with Gasteiger partial charge in [0.1, 0.15) is 5.75 Å². The van der Waals surface area contributed by atoms with Gasteiger partial charge in [0.15, 0.2) is 15.8 Å². The molecule has 0 bridgehead atoms. The number of nitrogens with one attached hydrogen (secondary N) is 2. The molecule has 6 nitrogen and oxygen atoms in total. The Kier molecular flexibility index (Phi) is 9.52. The second-order valence-corrected chi connectivity index (χ2v) is 10.2. The largest absolute Gasteiger partial charge is 0.490 e. The van der Waals surface area contributed by atoms with Crippen LogP contribution in [0.3, 0.4) is 0 Å². The summed E-state index contributed by atoms with van der Waals surface area (Å²) in [6.07, 6.45) is 5.80. The van der Waals surface area contributed by atoms with Crippen LogP contribution in [0.1, 0.15) is 50.2 Å². The van der Waals surface area contributed by atoms with Crippen molar-refractivity contribution < 1.29 is 13.2 Å². The molecule has 164 valence electrons. The maximum atomic E-state index is 11.6. The number of benzene rings is 1. The zero-order chi connectivity index (χ0) is 20.0. The van der Waals surface area contributed by atoms with Crippen molar-refractivity contribution in [3.63, 3.8) is 0 Å². The van der Waals surface area contributed by atoms with Gasteiger partial charge in [-0.15, -0.1) is 24.0 Å². The highest BCUT2D eigenvalue weighted by Crippen LogP contribution is 2.28. The van der Waals surface area contributed by atoms with E-state index in [-0.39, 0.29) is 35.6 Å². The summed E-state index contributed by atoms with van der Waals surface area (Å²) in [5.74, 6) is 2.40. The van der Waals surface area contributed by atoms with E-state index in [0.717, 1.165) is 43.1 Å². The molecular weight excluding hydrogens is 501 g/mol. The summed E-state index contributed by atoms with van der Waals surface area (Å²) in [7, 11) is -2.85. The molecular formula is C21H34IN3O3S. The molecule has 1 heterocycles. The van der Waals surface area contributed by atoms with E-state index in [2.05, 4.69) is 35.8 Å². The van der Waals surface area contributed by atoms with E-state index in [0.29, 0.717) is 24.9 Å². The summed E-state index contributed by atoms with van der Waals surface area (Å²) in [6, 6.07) is 6.29. The molecule has 1 aromatic carbocycles. The SMILES string of the molecule is CCNC(=NCc1ccc(C)cc1OC1CCCC1)NCC1CCS(=O)(=O)C1.I. The van der Waals surface area contributed by atoms with Crippen molar-refractivity contribution >= 4 is 39.8 Å². The highest BCUT2D eigenvalue weighted by atomic mass is 127. The van der Waals surface area contributed by atoms with Gasteiger partial charge in [-0.2, -0.15) is 0 Å². The number of guanidine groups is 1. The monoisotopic (exact) mass is 535 g/mol. The second-order valence-electron chi connectivity index (χ2n) is 7.98. The lowest BCUT2D eigenvalue weighted by Gasteiger charge is -2.17. The average Bonchev–Trinajstić information content (AvgIpc) is 3.28. The zero-order valence-electron chi connectivity index (χ0n) is 17.4. The Morgan fingerprint density at radius 1 is 1.21 bits per heavy atom. The Bertz CT molecular complexity index is 792. The molecule has 1 aliphatic heterocycles. The van der Waals surface area contributed by atoms with Gasteiger partial charge in [0.05, 0.1) is 24.2 Å². The lowest BCUT2D eigenvalue weighted by molar-refractivity contribution is 0.208. The molecule has 0 spiro atoms. The molecule has 0 radical (unpaired) electrons. The Balaban J connectivity index is 0.00000300. The fraction of sp³-hybridized carbons (Fsp3) is 0.667. The highest BCUT2D eigenvalue weighted by Gasteiger charge is 2.27. The number of hydrogen-bond acceptors (Lipinski definition) is 4. The molecule has 2 fully saturated rings. The van der Waals surface area contributed by atoms with Crippen molar-refractivity contribution in [1.29, 1.82) is 0 Å². The minimum atomic E-state index is -2.85. The van der Waals surface area contributed by atoms with Crippen LogP contribution in [-0.2, 0) is 16.4 Å². The topological polar surface area (TPSA) is 79.8 Å². The van der Waals surface area contributed by atoms with Crippen molar-refractivity contribution in [2.75, 3.05) is 24.6 Å². The first kappa shape index (κ1) is 24.2.